The Morgan fingerprint density at radius 2 is 1.35 bits per heavy atom. The van der Waals surface area contributed by atoms with E-state index >= 15 is 0 Å². The molecule has 4 aliphatic carbocycles. The molecule has 0 aromatic carbocycles. The van der Waals surface area contributed by atoms with Gasteiger partial charge in [-0.15, -0.1) is 0 Å². The lowest BCUT2D eigenvalue weighted by molar-refractivity contribution is -0.396. The highest BCUT2D eigenvalue weighted by molar-refractivity contribution is 5.27. The van der Waals surface area contributed by atoms with Crippen molar-refractivity contribution in [1.29, 1.82) is 0 Å². The van der Waals surface area contributed by atoms with Crippen LogP contribution in [0.25, 0.3) is 0 Å². The number of fused-ring (bicyclic) bond motifs is 7. The Labute approximate surface area is 368 Å². The Morgan fingerprint density at radius 3 is 2.03 bits per heavy atom. The van der Waals surface area contributed by atoms with Crippen molar-refractivity contribution in [3.05, 3.63) is 11.6 Å². The van der Waals surface area contributed by atoms with Crippen molar-refractivity contribution in [2.45, 2.75) is 202 Å². The first-order valence-corrected chi connectivity index (χ1v) is 23.5. The summed E-state index contributed by atoms with van der Waals surface area (Å²) in [6, 6.07) is 0. The molecule has 0 aromatic heterocycles. The topological polar surface area (TPSA) is 276 Å². The molecule has 0 aromatic rings. The van der Waals surface area contributed by atoms with Gasteiger partial charge < -0.3 is 89.0 Å². The normalized spacial score (nSPS) is 58.1. The SMILES string of the molecule is CC1CCC2(OC1)OC1CC3C4CC=C5CC(OC6OC(CO)C(O)C(OC7OC(CO)C(O)C(O)C7O)C6OC6OC(C)C(O)C(O)C6O)C(O)CC5(C)C4CCC3(C)C1C2C. The molecule has 360 valence electrons. The molecule has 63 heavy (non-hydrogen) atoms. The molecule has 0 radical (unpaired) electrons. The summed E-state index contributed by atoms with van der Waals surface area (Å²) in [6.45, 7) is 10.0. The number of ether oxygens (including phenoxy) is 8. The number of hydrogen-bond acceptors (Lipinski definition) is 18. The van der Waals surface area contributed by atoms with Gasteiger partial charge in [0.25, 0.3) is 0 Å². The fourth-order valence-electron chi connectivity index (χ4n) is 14.1. The lowest BCUT2D eigenvalue weighted by atomic mass is 9.46. The first kappa shape index (κ1) is 47.1. The van der Waals surface area contributed by atoms with Crippen molar-refractivity contribution in [2.75, 3.05) is 19.8 Å². The van der Waals surface area contributed by atoms with E-state index in [0.717, 1.165) is 50.7 Å². The third-order valence-electron chi connectivity index (χ3n) is 17.7. The third-order valence-corrected chi connectivity index (χ3v) is 17.7. The molecule has 10 N–H and O–H groups in total. The molecule has 3 saturated carbocycles. The molecule has 5 saturated heterocycles. The Balaban J connectivity index is 0.957. The number of aliphatic hydroxyl groups excluding tert-OH is 10. The summed E-state index contributed by atoms with van der Waals surface area (Å²) >= 11 is 0. The average molecular weight is 901 g/mol. The predicted molar refractivity (Wildman–Crippen MR) is 216 cm³/mol. The molecule has 1 spiro atoms. The smallest absolute Gasteiger partial charge is 0.187 e. The van der Waals surface area contributed by atoms with Crippen LogP contribution in [0.5, 0.6) is 0 Å². The maximum Gasteiger partial charge on any atom is 0.187 e. The van der Waals surface area contributed by atoms with Crippen molar-refractivity contribution in [3.63, 3.8) is 0 Å². The van der Waals surface area contributed by atoms with E-state index in [-0.39, 0.29) is 16.9 Å². The Morgan fingerprint density at radius 1 is 0.698 bits per heavy atom. The van der Waals surface area contributed by atoms with Gasteiger partial charge in [-0.1, -0.05) is 39.3 Å². The third kappa shape index (κ3) is 7.71. The zero-order valence-corrected chi connectivity index (χ0v) is 37.0. The zero-order valence-electron chi connectivity index (χ0n) is 37.0. The highest BCUT2D eigenvalue weighted by Gasteiger charge is 2.69. The van der Waals surface area contributed by atoms with E-state index in [1.54, 1.807) is 0 Å². The number of rotatable bonds is 8. The molecular weight excluding hydrogens is 828 g/mol. The summed E-state index contributed by atoms with van der Waals surface area (Å²) in [5.74, 6) is 1.97. The zero-order chi connectivity index (χ0) is 45.1. The minimum atomic E-state index is -1.89. The number of aliphatic hydroxyl groups is 10. The van der Waals surface area contributed by atoms with Crippen molar-refractivity contribution in [1.82, 2.24) is 0 Å². The van der Waals surface area contributed by atoms with Gasteiger partial charge in [0.2, 0.25) is 0 Å². The van der Waals surface area contributed by atoms with Gasteiger partial charge in [0.05, 0.1) is 44.2 Å². The average Bonchev–Trinajstić information content (AvgIpc) is 3.70. The molecule has 18 nitrogen and oxygen atoms in total. The second kappa shape index (κ2) is 17.5. The van der Waals surface area contributed by atoms with Gasteiger partial charge in [0.15, 0.2) is 24.7 Å². The van der Waals surface area contributed by atoms with Gasteiger partial charge in [-0.2, -0.15) is 0 Å². The van der Waals surface area contributed by atoms with Gasteiger partial charge in [-0.05, 0) is 92.3 Å². The first-order valence-electron chi connectivity index (χ1n) is 23.5. The monoisotopic (exact) mass is 900 g/mol. The van der Waals surface area contributed by atoms with Gasteiger partial charge in [0.1, 0.15) is 67.1 Å². The van der Waals surface area contributed by atoms with Gasteiger partial charge in [0, 0.05) is 12.3 Å². The van der Waals surface area contributed by atoms with Crippen molar-refractivity contribution in [3.8, 4) is 0 Å². The summed E-state index contributed by atoms with van der Waals surface area (Å²) in [7, 11) is 0. The standard InChI is InChI=1S/C45H72O18/c1-18-8-11-45(56-17-18)19(2)30-27(63-45)13-24-22-7-6-21-12-26(25(48)14-44(21,5)23(22)9-10-43(24,30)4)58-42-39(62-40-36(54)34(52)31(49)20(3)57-40)38(33(51)29(16-47)60-42)61-41-37(55)35(53)32(50)28(15-46)59-41/h6,18-20,22-42,46-55H,7-17H2,1-5H3. The van der Waals surface area contributed by atoms with E-state index in [2.05, 4.69) is 33.8 Å². The highest BCUT2D eigenvalue weighted by Crippen LogP contribution is 2.70. The fourth-order valence-corrected chi connectivity index (χ4v) is 14.1. The van der Waals surface area contributed by atoms with Gasteiger partial charge >= 0.3 is 0 Å². The van der Waals surface area contributed by atoms with Crippen LogP contribution in [0, 0.1) is 46.3 Å². The second-order valence-electron chi connectivity index (χ2n) is 21.2. The van der Waals surface area contributed by atoms with Crippen LogP contribution in [0.15, 0.2) is 11.6 Å². The lowest BCUT2D eigenvalue weighted by Gasteiger charge is -2.59. The van der Waals surface area contributed by atoms with Crippen molar-refractivity contribution < 1.29 is 89.0 Å². The summed E-state index contributed by atoms with van der Waals surface area (Å²) in [5, 5.41) is 108. The Kier molecular flexibility index (Phi) is 13.1. The molecule has 8 fully saturated rings. The van der Waals surface area contributed by atoms with Crippen molar-refractivity contribution in [2.24, 2.45) is 46.3 Å². The van der Waals surface area contributed by atoms with Gasteiger partial charge in [-0.3, -0.25) is 0 Å². The maximum absolute atomic E-state index is 12.1. The summed E-state index contributed by atoms with van der Waals surface area (Å²) in [5.41, 5.74) is 0.943. The molecule has 27 atom stereocenters. The van der Waals surface area contributed by atoms with Crippen LogP contribution >= 0.6 is 0 Å². The number of allylic oxidation sites excluding steroid dienone is 1. The van der Waals surface area contributed by atoms with Crippen LogP contribution in [-0.2, 0) is 37.9 Å². The van der Waals surface area contributed by atoms with Crippen LogP contribution < -0.4 is 0 Å². The Bertz CT molecular complexity index is 1640. The molecule has 27 unspecified atom stereocenters. The van der Waals surface area contributed by atoms with E-state index in [1.807, 2.05) is 0 Å². The van der Waals surface area contributed by atoms with Crippen LogP contribution in [0.1, 0.15) is 86.0 Å². The Hall–Kier alpha value is -0.980. The van der Waals surface area contributed by atoms with E-state index in [0.29, 0.717) is 48.3 Å². The quantitative estimate of drug-likeness (QED) is 0.133. The van der Waals surface area contributed by atoms with Crippen LogP contribution in [0.2, 0.25) is 0 Å². The fraction of sp³-hybridized carbons (Fsp3) is 0.956. The van der Waals surface area contributed by atoms with E-state index in [9.17, 15) is 51.1 Å². The largest absolute Gasteiger partial charge is 0.394 e. The highest BCUT2D eigenvalue weighted by atomic mass is 16.8. The lowest BCUT2D eigenvalue weighted by Crippen LogP contribution is -2.67. The minimum absolute atomic E-state index is 0.110. The molecule has 0 amide bonds. The van der Waals surface area contributed by atoms with E-state index < -0.39 is 123 Å². The predicted octanol–water partition coefficient (Wildman–Crippen LogP) is -0.815. The van der Waals surface area contributed by atoms with Crippen LogP contribution in [0.4, 0.5) is 0 Å². The van der Waals surface area contributed by atoms with Crippen molar-refractivity contribution >= 4 is 0 Å². The summed E-state index contributed by atoms with van der Waals surface area (Å²) < 4.78 is 49.9. The maximum atomic E-state index is 12.1. The van der Waals surface area contributed by atoms with E-state index in [1.165, 1.54) is 6.92 Å². The molecule has 5 heterocycles. The molecule has 9 rings (SSSR count). The van der Waals surface area contributed by atoms with E-state index in [4.69, 9.17) is 37.9 Å². The summed E-state index contributed by atoms with van der Waals surface area (Å²) in [6.07, 6.45) is -16.8. The molecule has 18 heteroatoms. The first-order chi connectivity index (χ1) is 29.8. The second-order valence-corrected chi connectivity index (χ2v) is 21.2. The van der Waals surface area contributed by atoms with Crippen LogP contribution in [-0.4, -0.2) is 187 Å². The minimum Gasteiger partial charge on any atom is -0.394 e. The van der Waals surface area contributed by atoms with Crippen LogP contribution in [0.3, 0.4) is 0 Å². The molecule has 0 bridgehead atoms. The van der Waals surface area contributed by atoms with Gasteiger partial charge in [-0.25, -0.2) is 0 Å². The molecule has 5 aliphatic heterocycles. The number of hydrogen-bond donors (Lipinski definition) is 10. The summed E-state index contributed by atoms with van der Waals surface area (Å²) in [4.78, 5) is 0. The molecule has 9 aliphatic rings. The molecular formula is C45H72O18.